The highest BCUT2D eigenvalue weighted by Crippen LogP contribution is 2.17. The van der Waals surface area contributed by atoms with E-state index in [0.717, 1.165) is 5.56 Å². The van der Waals surface area contributed by atoms with E-state index in [2.05, 4.69) is 10.6 Å². The van der Waals surface area contributed by atoms with E-state index in [1.807, 2.05) is 36.6 Å². The quantitative estimate of drug-likeness (QED) is 0.371. The Kier molecular flexibility index (Phi) is 9.80. The smallest absolute Gasteiger partial charge is 0.326 e. The van der Waals surface area contributed by atoms with Crippen molar-refractivity contribution in [1.29, 1.82) is 0 Å². The minimum atomic E-state index is -1.05. The molecule has 1 aromatic carbocycles. The Morgan fingerprint density at radius 3 is 2.58 bits per heavy atom. The van der Waals surface area contributed by atoms with Gasteiger partial charge in [0.05, 0.1) is 12.6 Å². The number of amides is 3. The van der Waals surface area contributed by atoms with Crippen LogP contribution in [0.4, 0.5) is 0 Å². The molecule has 1 aromatic rings. The van der Waals surface area contributed by atoms with E-state index >= 15 is 0 Å². The summed E-state index contributed by atoms with van der Waals surface area (Å²) in [5.74, 6) is -1.80. The van der Waals surface area contributed by atoms with Crippen molar-refractivity contribution in [2.75, 3.05) is 25.1 Å². The van der Waals surface area contributed by atoms with Crippen LogP contribution in [0, 0.1) is 0 Å². The molecule has 0 spiro atoms. The summed E-state index contributed by atoms with van der Waals surface area (Å²) in [5, 5.41) is 14.4. The molecular formula is C21H30N4O5S. The number of hydrogen-bond donors (Lipinski definition) is 4. The largest absolute Gasteiger partial charge is 0.480 e. The number of thioether (sulfide) groups is 1. The molecule has 31 heavy (non-hydrogen) atoms. The van der Waals surface area contributed by atoms with Crippen LogP contribution in [0.2, 0.25) is 0 Å². The van der Waals surface area contributed by atoms with Crippen molar-refractivity contribution in [2.24, 2.45) is 5.73 Å². The van der Waals surface area contributed by atoms with Gasteiger partial charge in [-0.05, 0) is 43.3 Å². The van der Waals surface area contributed by atoms with Gasteiger partial charge in [0, 0.05) is 6.54 Å². The van der Waals surface area contributed by atoms with Crippen LogP contribution < -0.4 is 16.4 Å². The van der Waals surface area contributed by atoms with Gasteiger partial charge in [0.25, 0.3) is 0 Å². The van der Waals surface area contributed by atoms with Gasteiger partial charge in [0.2, 0.25) is 17.7 Å². The molecule has 9 nitrogen and oxygen atoms in total. The first kappa shape index (κ1) is 24.7. The third-order valence-electron chi connectivity index (χ3n) is 5.15. The Bertz CT molecular complexity index is 776. The number of hydrogen-bond acceptors (Lipinski definition) is 6. The molecule has 1 heterocycles. The highest BCUT2D eigenvalue weighted by atomic mass is 32.2. The van der Waals surface area contributed by atoms with Crippen molar-refractivity contribution in [3.63, 3.8) is 0 Å². The number of carboxylic acids is 1. The van der Waals surface area contributed by atoms with Gasteiger partial charge in [0.1, 0.15) is 12.1 Å². The Hall–Kier alpha value is -2.59. The predicted molar refractivity (Wildman–Crippen MR) is 118 cm³/mol. The Morgan fingerprint density at radius 1 is 1.23 bits per heavy atom. The summed E-state index contributed by atoms with van der Waals surface area (Å²) in [6.07, 6.45) is 3.63. The number of nitrogens with one attached hydrogen (secondary N) is 2. The molecule has 1 saturated heterocycles. The molecule has 0 aromatic heterocycles. The van der Waals surface area contributed by atoms with Crippen molar-refractivity contribution in [3.8, 4) is 0 Å². The molecule has 0 radical (unpaired) electrons. The minimum absolute atomic E-state index is 0.315. The average Bonchev–Trinajstić information content (AvgIpc) is 3.25. The number of carbonyl (C=O) groups is 4. The third kappa shape index (κ3) is 7.55. The Balaban J connectivity index is 1.91. The number of nitrogens with zero attached hydrogens (tertiary/aromatic N) is 1. The van der Waals surface area contributed by atoms with Crippen LogP contribution >= 0.6 is 11.8 Å². The summed E-state index contributed by atoms with van der Waals surface area (Å²) in [5.41, 5.74) is 6.93. The number of rotatable bonds is 11. The average molecular weight is 451 g/mol. The van der Waals surface area contributed by atoms with Crippen LogP contribution in [0.3, 0.4) is 0 Å². The van der Waals surface area contributed by atoms with Gasteiger partial charge in [0.15, 0.2) is 0 Å². The van der Waals surface area contributed by atoms with Gasteiger partial charge in [-0.2, -0.15) is 11.8 Å². The summed E-state index contributed by atoms with van der Waals surface area (Å²) >= 11 is 1.53. The zero-order chi connectivity index (χ0) is 22.8. The summed E-state index contributed by atoms with van der Waals surface area (Å²) in [4.78, 5) is 50.1. The lowest BCUT2D eigenvalue weighted by Crippen LogP contribution is -2.54. The lowest BCUT2D eigenvalue weighted by atomic mass is 10.1. The number of nitrogens with two attached hydrogens (primary N) is 1. The summed E-state index contributed by atoms with van der Waals surface area (Å²) in [6.45, 7) is 0.0387. The molecule has 5 N–H and O–H groups in total. The van der Waals surface area contributed by atoms with Crippen LogP contribution in [0.1, 0.15) is 24.8 Å². The molecular weight excluding hydrogens is 420 g/mol. The van der Waals surface area contributed by atoms with Gasteiger partial charge < -0.3 is 26.4 Å². The van der Waals surface area contributed by atoms with E-state index < -0.39 is 41.8 Å². The number of aliphatic carboxylic acids is 1. The molecule has 3 atom stereocenters. The zero-order valence-corrected chi connectivity index (χ0v) is 18.4. The lowest BCUT2D eigenvalue weighted by molar-refractivity contribution is -0.148. The molecule has 1 aliphatic rings. The van der Waals surface area contributed by atoms with Crippen LogP contribution in [-0.4, -0.2) is 76.9 Å². The fraction of sp³-hybridized carbons (Fsp3) is 0.524. The molecule has 0 aliphatic carbocycles. The molecule has 1 fully saturated rings. The number of carboxylic acid groups (broad SMARTS) is 1. The second-order valence-corrected chi connectivity index (χ2v) is 8.43. The minimum Gasteiger partial charge on any atom is -0.480 e. The van der Waals surface area contributed by atoms with Crippen LogP contribution in [0.15, 0.2) is 30.3 Å². The van der Waals surface area contributed by atoms with E-state index in [1.165, 1.54) is 16.7 Å². The Labute approximate surface area is 186 Å². The SMILES string of the molecule is CSCCC(NC(=O)C(N)Cc1ccccc1)C(=O)NCC(=O)N1CCCC1C(=O)O. The number of carbonyl (C=O) groups excluding carboxylic acids is 3. The molecule has 10 heteroatoms. The topological polar surface area (TPSA) is 142 Å². The normalized spacial score (nSPS) is 17.6. The van der Waals surface area contributed by atoms with Crippen LogP contribution in [0.25, 0.3) is 0 Å². The molecule has 0 bridgehead atoms. The maximum absolute atomic E-state index is 12.6. The summed E-state index contributed by atoms with van der Waals surface area (Å²) in [7, 11) is 0. The highest BCUT2D eigenvalue weighted by Gasteiger charge is 2.34. The second kappa shape index (κ2) is 12.3. The highest BCUT2D eigenvalue weighted by molar-refractivity contribution is 7.98. The molecule has 3 amide bonds. The van der Waals surface area contributed by atoms with Gasteiger partial charge in [-0.15, -0.1) is 0 Å². The molecule has 1 aliphatic heterocycles. The van der Waals surface area contributed by atoms with Crippen molar-refractivity contribution >= 4 is 35.5 Å². The summed E-state index contributed by atoms with van der Waals surface area (Å²) < 4.78 is 0. The first-order valence-corrected chi connectivity index (χ1v) is 11.6. The second-order valence-electron chi connectivity index (χ2n) is 7.44. The maximum atomic E-state index is 12.6. The van der Waals surface area contributed by atoms with Gasteiger partial charge >= 0.3 is 5.97 Å². The fourth-order valence-electron chi connectivity index (χ4n) is 3.45. The Morgan fingerprint density at radius 2 is 1.94 bits per heavy atom. The molecule has 170 valence electrons. The van der Waals surface area contributed by atoms with Crippen molar-refractivity contribution in [2.45, 2.75) is 43.8 Å². The van der Waals surface area contributed by atoms with Gasteiger partial charge in [-0.1, -0.05) is 30.3 Å². The molecule has 0 saturated carbocycles. The first-order chi connectivity index (χ1) is 14.8. The van der Waals surface area contributed by atoms with E-state index in [1.54, 1.807) is 0 Å². The standard InChI is InChI=1S/C21H30N4O5S/c1-31-11-9-16(24-19(27)15(22)12-14-6-3-2-4-7-14)20(28)23-13-18(26)25-10-5-8-17(25)21(29)30/h2-4,6-7,15-17H,5,8-13,22H2,1H3,(H,23,28)(H,24,27)(H,29,30). The summed E-state index contributed by atoms with van der Waals surface area (Å²) in [6, 6.07) is 6.85. The molecule has 3 unspecified atom stereocenters. The van der Waals surface area contributed by atoms with Crippen LogP contribution in [0.5, 0.6) is 0 Å². The van der Waals surface area contributed by atoms with Crippen LogP contribution in [-0.2, 0) is 25.6 Å². The number of benzene rings is 1. The van der Waals surface area contributed by atoms with Crippen molar-refractivity contribution in [3.05, 3.63) is 35.9 Å². The number of likely N-dealkylation sites (tertiary alicyclic amines) is 1. The molecule has 2 rings (SSSR count). The van der Waals surface area contributed by atoms with E-state index in [0.29, 0.717) is 38.0 Å². The predicted octanol–water partition coefficient (Wildman–Crippen LogP) is -0.0139. The van der Waals surface area contributed by atoms with Crippen molar-refractivity contribution in [1.82, 2.24) is 15.5 Å². The third-order valence-corrected chi connectivity index (χ3v) is 5.79. The zero-order valence-electron chi connectivity index (χ0n) is 17.6. The van der Waals surface area contributed by atoms with Gasteiger partial charge in [-0.25, -0.2) is 4.79 Å². The fourth-order valence-corrected chi connectivity index (χ4v) is 3.92. The lowest BCUT2D eigenvalue weighted by Gasteiger charge is -2.23. The van der Waals surface area contributed by atoms with E-state index in [9.17, 15) is 24.3 Å². The van der Waals surface area contributed by atoms with Gasteiger partial charge in [-0.3, -0.25) is 14.4 Å². The first-order valence-electron chi connectivity index (χ1n) is 10.2. The maximum Gasteiger partial charge on any atom is 0.326 e. The van der Waals surface area contributed by atoms with E-state index in [-0.39, 0.29) is 6.54 Å². The monoisotopic (exact) mass is 450 g/mol. The van der Waals surface area contributed by atoms with Crippen molar-refractivity contribution < 1.29 is 24.3 Å². The van der Waals surface area contributed by atoms with E-state index in [4.69, 9.17) is 5.73 Å².